The van der Waals surface area contributed by atoms with Crippen molar-refractivity contribution in [2.75, 3.05) is 27.7 Å². The normalized spacial score (nSPS) is 13.5. The number of likely N-dealkylation sites (N-methyl/N-ethyl adjacent to an activating group) is 1. The molecule has 0 atom stereocenters. The van der Waals surface area contributed by atoms with Crippen LogP contribution in [0.2, 0.25) is 5.02 Å². The number of fused-ring (bicyclic) bond motifs is 3. The second-order valence-electron chi connectivity index (χ2n) is 7.51. The van der Waals surface area contributed by atoms with Crippen LogP contribution >= 0.6 is 11.6 Å². The minimum absolute atomic E-state index is 0.0421. The first-order chi connectivity index (χ1) is 15.1. The van der Waals surface area contributed by atoms with Crippen LogP contribution in [0, 0.1) is 5.82 Å². The summed E-state index contributed by atoms with van der Waals surface area (Å²) in [5.41, 5.74) is 0.0763. The maximum absolute atomic E-state index is 13.5. The van der Waals surface area contributed by atoms with Gasteiger partial charge in [0, 0.05) is 33.4 Å². The Morgan fingerprint density at radius 3 is 2.69 bits per heavy atom. The molecule has 0 bridgehead atoms. The Kier molecular flexibility index (Phi) is 5.43. The van der Waals surface area contributed by atoms with E-state index in [2.05, 4.69) is 0 Å². The van der Waals surface area contributed by atoms with E-state index in [0.29, 0.717) is 18.7 Å². The molecule has 11 heteroatoms. The predicted octanol–water partition coefficient (Wildman–Crippen LogP) is 2.07. The molecule has 1 aliphatic heterocycles. The van der Waals surface area contributed by atoms with Gasteiger partial charge in [-0.2, -0.15) is 0 Å². The van der Waals surface area contributed by atoms with E-state index in [4.69, 9.17) is 16.4 Å². The van der Waals surface area contributed by atoms with Crippen LogP contribution in [0.4, 0.5) is 4.39 Å². The number of hydrogen-bond acceptors (Lipinski definition) is 5. The fraction of sp³-hybridized carbons (Fsp3) is 0.286. The average Bonchev–Trinajstić information content (AvgIpc) is 3.07. The highest BCUT2D eigenvalue weighted by molar-refractivity contribution is 6.30. The lowest BCUT2D eigenvalue weighted by Gasteiger charge is -2.25. The number of carbonyl (C=O) groups excluding carboxylic acids is 2. The summed E-state index contributed by atoms with van der Waals surface area (Å²) in [6.07, 6.45) is 1.34. The fourth-order valence-corrected chi connectivity index (χ4v) is 4.04. The molecule has 0 unspecified atom stereocenters. The molecule has 1 aromatic carbocycles. The molecule has 0 saturated carbocycles. The van der Waals surface area contributed by atoms with Crippen molar-refractivity contribution in [2.24, 2.45) is 0 Å². The zero-order chi connectivity index (χ0) is 23.3. The number of carbonyl (C=O) groups is 2. The summed E-state index contributed by atoms with van der Waals surface area (Å²) in [7, 11) is 4.31. The highest BCUT2D eigenvalue weighted by Crippen LogP contribution is 2.35. The topological polar surface area (TPSA) is 97.0 Å². The van der Waals surface area contributed by atoms with E-state index < -0.39 is 28.9 Å². The number of amides is 2. The molecule has 9 nitrogen and oxygen atoms in total. The van der Waals surface area contributed by atoms with Crippen LogP contribution in [0.1, 0.15) is 26.4 Å². The Hall–Kier alpha value is -3.37. The largest absolute Gasteiger partial charge is 0.505 e. The lowest BCUT2D eigenvalue weighted by Crippen LogP contribution is -2.37. The molecule has 3 aromatic rings. The van der Waals surface area contributed by atoms with Crippen LogP contribution in [0.25, 0.3) is 10.9 Å². The summed E-state index contributed by atoms with van der Waals surface area (Å²) in [5, 5.41) is 11.6. The van der Waals surface area contributed by atoms with Crippen molar-refractivity contribution in [2.45, 2.75) is 13.1 Å². The summed E-state index contributed by atoms with van der Waals surface area (Å²) >= 11 is 5.86. The molecule has 1 aliphatic rings. The third-order valence-electron chi connectivity index (χ3n) is 5.59. The summed E-state index contributed by atoms with van der Waals surface area (Å²) in [4.78, 5) is 45.5. The lowest BCUT2D eigenvalue weighted by molar-refractivity contribution is -0.0756. The molecule has 32 heavy (non-hydrogen) atoms. The molecule has 0 aliphatic carbocycles. The number of hydroxylamine groups is 2. The predicted molar refractivity (Wildman–Crippen MR) is 114 cm³/mol. The van der Waals surface area contributed by atoms with Gasteiger partial charge >= 0.3 is 0 Å². The number of aromatic hydroxyl groups is 1. The number of rotatable bonds is 4. The van der Waals surface area contributed by atoms with Crippen molar-refractivity contribution in [3.63, 3.8) is 0 Å². The number of benzene rings is 1. The van der Waals surface area contributed by atoms with Crippen LogP contribution in [0.3, 0.4) is 0 Å². The van der Waals surface area contributed by atoms with Gasteiger partial charge in [0.2, 0.25) is 0 Å². The van der Waals surface area contributed by atoms with E-state index >= 15 is 0 Å². The van der Waals surface area contributed by atoms with Gasteiger partial charge in [0.1, 0.15) is 11.2 Å². The van der Waals surface area contributed by atoms with E-state index in [1.165, 1.54) is 52.6 Å². The van der Waals surface area contributed by atoms with Crippen molar-refractivity contribution in [3.8, 4) is 5.75 Å². The number of nitrogens with zero attached hydrogens (tertiary/aromatic N) is 4. The number of pyridine rings is 1. The highest BCUT2D eigenvalue weighted by Gasteiger charge is 2.33. The first kappa shape index (κ1) is 21.8. The van der Waals surface area contributed by atoms with Crippen LogP contribution in [-0.2, 0) is 17.9 Å². The highest BCUT2D eigenvalue weighted by atomic mass is 35.5. The second-order valence-corrected chi connectivity index (χ2v) is 7.92. The summed E-state index contributed by atoms with van der Waals surface area (Å²) in [6.45, 7) is 0.599. The van der Waals surface area contributed by atoms with Gasteiger partial charge in [0.25, 0.3) is 17.4 Å². The van der Waals surface area contributed by atoms with Gasteiger partial charge in [0.05, 0.1) is 29.8 Å². The third-order valence-corrected chi connectivity index (χ3v) is 5.88. The molecule has 1 N–H and O–H groups in total. The zero-order valence-electron chi connectivity index (χ0n) is 17.6. The second kappa shape index (κ2) is 7.95. The Bertz CT molecular complexity index is 1330. The molecule has 168 valence electrons. The molecule has 0 saturated heterocycles. The monoisotopic (exact) mass is 462 g/mol. The van der Waals surface area contributed by atoms with Crippen molar-refractivity contribution < 1.29 is 23.9 Å². The van der Waals surface area contributed by atoms with E-state index in [9.17, 15) is 23.9 Å². The van der Waals surface area contributed by atoms with Gasteiger partial charge in [-0.15, -0.1) is 0 Å². The van der Waals surface area contributed by atoms with Crippen LogP contribution in [0.5, 0.6) is 5.75 Å². The van der Waals surface area contributed by atoms with Gasteiger partial charge in [-0.1, -0.05) is 17.7 Å². The fourth-order valence-electron chi connectivity index (χ4n) is 3.84. The summed E-state index contributed by atoms with van der Waals surface area (Å²) < 4.78 is 16.2. The van der Waals surface area contributed by atoms with Gasteiger partial charge < -0.3 is 19.1 Å². The first-order valence-electron chi connectivity index (χ1n) is 9.65. The SMILES string of the molecule is CON(C)C(=O)c1cn(Cc2ccc(F)c(Cl)c2)c(=O)c2c(O)c3n(c12)CCN(C)C3=O. The zero-order valence-corrected chi connectivity index (χ0v) is 18.3. The van der Waals surface area contributed by atoms with Gasteiger partial charge in [-0.3, -0.25) is 19.2 Å². The average molecular weight is 463 g/mol. The Balaban J connectivity index is 2.01. The van der Waals surface area contributed by atoms with E-state index in [-0.39, 0.29) is 33.7 Å². The maximum Gasteiger partial charge on any atom is 0.280 e. The van der Waals surface area contributed by atoms with Crippen molar-refractivity contribution in [1.82, 2.24) is 19.1 Å². The van der Waals surface area contributed by atoms with Crippen LogP contribution in [-0.4, -0.2) is 63.8 Å². The smallest absolute Gasteiger partial charge is 0.280 e. The quantitative estimate of drug-likeness (QED) is 0.599. The van der Waals surface area contributed by atoms with E-state index in [0.717, 1.165) is 5.06 Å². The number of halogens is 2. The molecule has 0 radical (unpaired) electrons. The standard InChI is InChI=1S/C21H20ClFN4O5/c1-24-6-7-27-16-12(19(29)25(2)32-3)10-26(9-11-4-5-14(23)13(22)8-11)20(30)15(16)18(28)17(27)21(24)31/h4-5,8,10,28H,6-7,9H2,1-3H3. The minimum atomic E-state index is -0.605. The van der Waals surface area contributed by atoms with Crippen molar-refractivity contribution in [1.29, 1.82) is 0 Å². The minimum Gasteiger partial charge on any atom is -0.505 e. The summed E-state index contributed by atoms with van der Waals surface area (Å²) in [5.74, 6) is -2.12. The van der Waals surface area contributed by atoms with E-state index in [1.54, 1.807) is 7.05 Å². The first-order valence-corrected chi connectivity index (χ1v) is 10.0. The Morgan fingerprint density at radius 1 is 1.31 bits per heavy atom. The molecule has 0 fully saturated rings. The molecular weight excluding hydrogens is 443 g/mol. The van der Waals surface area contributed by atoms with Crippen molar-refractivity contribution in [3.05, 3.63) is 62.4 Å². The Morgan fingerprint density at radius 2 is 2.03 bits per heavy atom. The summed E-state index contributed by atoms with van der Waals surface area (Å²) in [6, 6.07) is 4.01. The molecule has 2 amide bonds. The van der Waals surface area contributed by atoms with E-state index in [1.807, 2.05) is 0 Å². The molecular formula is C21H20ClFN4O5. The van der Waals surface area contributed by atoms with Crippen LogP contribution < -0.4 is 5.56 Å². The molecule has 0 spiro atoms. The Labute approximate surface area is 186 Å². The van der Waals surface area contributed by atoms with Crippen LogP contribution in [0.15, 0.2) is 29.2 Å². The number of aromatic nitrogens is 2. The third kappa shape index (κ3) is 3.32. The lowest BCUT2D eigenvalue weighted by atomic mass is 10.1. The van der Waals surface area contributed by atoms with Gasteiger partial charge in [-0.25, -0.2) is 9.45 Å². The van der Waals surface area contributed by atoms with Gasteiger partial charge in [0.15, 0.2) is 11.4 Å². The molecule has 3 heterocycles. The number of hydrogen-bond donors (Lipinski definition) is 1. The molecule has 2 aromatic heterocycles. The maximum atomic E-state index is 13.5. The van der Waals surface area contributed by atoms with Crippen molar-refractivity contribution >= 4 is 34.3 Å². The van der Waals surface area contributed by atoms with Gasteiger partial charge in [-0.05, 0) is 17.7 Å². The molecule has 4 rings (SSSR count).